The van der Waals surface area contributed by atoms with Gasteiger partial charge in [0.2, 0.25) is 11.8 Å². The average Bonchev–Trinajstić information content (AvgIpc) is 2.92. The number of nitrogens with zero attached hydrogens (tertiary/aromatic N) is 2. The number of unbranched alkanes of at least 4 members (excludes halogenated alkanes) is 1. The van der Waals surface area contributed by atoms with Crippen LogP contribution in [0.15, 0.2) is 83.8 Å². The lowest BCUT2D eigenvalue weighted by Crippen LogP contribution is -2.52. The molecule has 7 nitrogen and oxygen atoms in total. The Hall–Kier alpha value is -3.07. The molecule has 0 heterocycles. The third-order valence-corrected chi connectivity index (χ3v) is 8.38. The normalized spacial score (nSPS) is 12.0. The number of nitrogens with one attached hydrogen (secondary N) is 1. The summed E-state index contributed by atoms with van der Waals surface area (Å²) in [7, 11) is -4.19. The van der Waals surface area contributed by atoms with E-state index in [9.17, 15) is 18.0 Å². The second-order valence-electron chi connectivity index (χ2n) is 9.03. The number of hydrogen-bond donors (Lipinski definition) is 1. The summed E-state index contributed by atoms with van der Waals surface area (Å²) >= 11 is 12.4. The van der Waals surface area contributed by atoms with Gasteiger partial charge < -0.3 is 10.2 Å². The molecule has 10 heteroatoms. The van der Waals surface area contributed by atoms with Crippen LogP contribution in [0.1, 0.15) is 38.7 Å². The number of amides is 2. The van der Waals surface area contributed by atoms with Crippen LogP contribution in [0.2, 0.25) is 10.0 Å². The summed E-state index contributed by atoms with van der Waals surface area (Å²) in [4.78, 5) is 28.6. The zero-order valence-corrected chi connectivity index (χ0v) is 24.3. The predicted molar refractivity (Wildman–Crippen MR) is 156 cm³/mol. The van der Waals surface area contributed by atoms with E-state index in [1.165, 1.54) is 35.2 Å². The lowest BCUT2D eigenvalue weighted by Gasteiger charge is -2.33. The molecule has 0 unspecified atom stereocenters. The Balaban J connectivity index is 2.04. The number of rotatable bonds is 13. The van der Waals surface area contributed by atoms with Gasteiger partial charge in [0.05, 0.1) is 10.6 Å². The van der Waals surface area contributed by atoms with Gasteiger partial charge in [-0.05, 0) is 48.7 Å². The van der Waals surface area contributed by atoms with Gasteiger partial charge in [-0.1, -0.05) is 92.0 Å². The van der Waals surface area contributed by atoms with Crippen molar-refractivity contribution >= 4 is 50.7 Å². The molecular formula is C29H33Cl2N3O4S. The number of carbonyl (C=O) groups excluding carboxylic acids is 2. The molecule has 3 aromatic rings. The first-order chi connectivity index (χ1) is 18.7. The zero-order chi connectivity index (χ0) is 28.4. The fourth-order valence-corrected chi connectivity index (χ4v) is 6.07. The van der Waals surface area contributed by atoms with E-state index in [0.29, 0.717) is 13.0 Å². The van der Waals surface area contributed by atoms with Crippen LogP contribution < -0.4 is 9.62 Å². The highest BCUT2D eigenvalue weighted by Gasteiger charge is 2.33. The minimum absolute atomic E-state index is 0.00728. The van der Waals surface area contributed by atoms with Gasteiger partial charge in [0, 0.05) is 23.1 Å². The van der Waals surface area contributed by atoms with Crippen LogP contribution >= 0.6 is 23.2 Å². The van der Waals surface area contributed by atoms with Crippen molar-refractivity contribution < 1.29 is 18.0 Å². The third-order valence-electron chi connectivity index (χ3n) is 6.16. The molecule has 208 valence electrons. The van der Waals surface area contributed by atoms with Crippen molar-refractivity contribution in [3.8, 4) is 0 Å². The summed E-state index contributed by atoms with van der Waals surface area (Å²) < 4.78 is 28.6. The van der Waals surface area contributed by atoms with Crippen LogP contribution in [0, 0.1) is 0 Å². The van der Waals surface area contributed by atoms with Crippen LogP contribution in [-0.4, -0.2) is 44.3 Å². The van der Waals surface area contributed by atoms with E-state index < -0.39 is 28.5 Å². The lowest BCUT2D eigenvalue weighted by atomic mass is 10.1. The van der Waals surface area contributed by atoms with E-state index in [0.717, 1.165) is 22.7 Å². The molecule has 0 fully saturated rings. The topological polar surface area (TPSA) is 86.8 Å². The van der Waals surface area contributed by atoms with Gasteiger partial charge in [-0.3, -0.25) is 13.9 Å². The van der Waals surface area contributed by atoms with E-state index in [2.05, 4.69) is 5.32 Å². The summed E-state index contributed by atoms with van der Waals surface area (Å²) in [5.74, 6) is -0.814. The van der Waals surface area contributed by atoms with E-state index >= 15 is 0 Å². The SMILES string of the molecule is CCCCNC(=O)[C@H](CC)N(Cc1ccccc1)C(=O)CN(c1cc(Cl)cc(Cl)c1)S(=O)(=O)c1ccccc1. The monoisotopic (exact) mass is 589 g/mol. The number of carbonyl (C=O) groups is 2. The minimum Gasteiger partial charge on any atom is -0.354 e. The van der Waals surface area contributed by atoms with Gasteiger partial charge in [-0.2, -0.15) is 0 Å². The van der Waals surface area contributed by atoms with Gasteiger partial charge >= 0.3 is 0 Å². The van der Waals surface area contributed by atoms with Crippen molar-refractivity contribution in [3.05, 3.63) is 94.5 Å². The first kappa shape index (κ1) is 30.5. The van der Waals surface area contributed by atoms with Crippen LogP contribution in [-0.2, 0) is 26.2 Å². The summed E-state index contributed by atoms with van der Waals surface area (Å²) in [6.07, 6.45) is 2.08. The molecule has 0 saturated carbocycles. The van der Waals surface area contributed by atoms with E-state index in [1.54, 1.807) is 18.2 Å². The van der Waals surface area contributed by atoms with Crippen molar-refractivity contribution in [1.82, 2.24) is 10.2 Å². The molecule has 0 aliphatic carbocycles. The number of anilines is 1. The maximum Gasteiger partial charge on any atom is 0.264 e. The predicted octanol–water partition coefficient (Wildman–Crippen LogP) is 5.91. The third kappa shape index (κ3) is 8.21. The molecule has 2 amide bonds. The van der Waals surface area contributed by atoms with Crippen molar-refractivity contribution in [1.29, 1.82) is 0 Å². The summed E-state index contributed by atoms with van der Waals surface area (Å²) in [6, 6.07) is 20.7. The summed E-state index contributed by atoms with van der Waals surface area (Å²) in [6.45, 7) is 3.92. The van der Waals surface area contributed by atoms with Gasteiger partial charge in [-0.15, -0.1) is 0 Å². The Morgan fingerprint density at radius 2 is 1.49 bits per heavy atom. The van der Waals surface area contributed by atoms with E-state index in [1.807, 2.05) is 44.2 Å². The van der Waals surface area contributed by atoms with Crippen LogP contribution in [0.5, 0.6) is 0 Å². The first-order valence-corrected chi connectivity index (χ1v) is 15.0. The molecule has 39 heavy (non-hydrogen) atoms. The molecule has 0 aliphatic heterocycles. The highest BCUT2D eigenvalue weighted by Crippen LogP contribution is 2.30. The van der Waals surface area contributed by atoms with Crippen molar-refractivity contribution in [2.45, 2.75) is 50.6 Å². The minimum atomic E-state index is -4.19. The summed E-state index contributed by atoms with van der Waals surface area (Å²) in [5.41, 5.74) is 0.957. The first-order valence-electron chi connectivity index (χ1n) is 12.8. The molecular weight excluding hydrogens is 557 g/mol. The van der Waals surface area contributed by atoms with Gasteiger partial charge in [-0.25, -0.2) is 8.42 Å². The van der Waals surface area contributed by atoms with Crippen molar-refractivity contribution in [2.24, 2.45) is 0 Å². The molecule has 3 rings (SSSR count). The molecule has 3 aromatic carbocycles. The number of hydrogen-bond acceptors (Lipinski definition) is 4. The lowest BCUT2D eigenvalue weighted by molar-refractivity contribution is -0.140. The number of sulfonamides is 1. The molecule has 0 aliphatic rings. The maximum atomic E-state index is 14.0. The number of benzene rings is 3. The highest BCUT2D eigenvalue weighted by molar-refractivity contribution is 7.92. The summed E-state index contributed by atoms with van der Waals surface area (Å²) in [5, 5.41) is 3.36. The molecule has 1 atom stereocenters. The van der Waals surface area contributed by atoms with Gasteiger partial charge in [0.25, 0.3) is 10.0 Å². The smallest absolute Gasteiger partial charge is 0.264 e. The molecule has 0 bridgehead atoms. The standard InChI is InChI=1S/C29H33Cl2N3O4S/c1-3-5-16-32-29(36)27(4-2)33(20-22-12-8-6-9-13-22)28(35)21-34(25-18-23(30)17-24(31)19-25)39(37,38)26-14-10-7-11-15-26/h6-15,17-19,27H,3-5,16,20-21H2,1-2H3,(H,32,36)/t27-/m0/s1. The van der Waals surface area contributed by atoms with Crippen LogP contribution in [0.4, 0.5) is 5.69 Å². The second-order valence-corrected chi connectivity index (χ2v) is 11.8. The van der Waals surface area contributed by atoms with Crippen molar-refractivity contribution in [3.63, 3.8) is 0 Å². The van der Waals surface area contributed by atoms with E-state index in [4.69, 9.17) is 23.2 Å². The van der Waals surface area contributed by atoms with Crippen LogP contribution in [0.25, 0.3) is 0 Å². The molecule has 1 N–H and O–H groups in total. The van der Waals surface area contributed by atoms with Gasteiger partial charge in [0.15, 0.2) is 0 Å². The Morgan fingerprint density at radius 3 is 2.05 bits per heavy atom. The van der Waals surface area contributed by atoms with E-state index in [-0.39, 0.29) is 33.1 Å². The zero-order valence-electron chi connectivity index (χ0n) is 22.0. The maximum absolute atomic E-state index is 14.0. The fourth-order valence-electron chi connectivity index (χ4n) is 4.14. The Bertz CT molecular complexity index is 1340. The molecule has 0 aromatic heterocycles. The van der Waals surface area contributed by atoms with Crippen molar-refractivity contribution in [2.75, 3.05) is 17.4 Å². The van der Waals surface area contributed by atoms with Gasteiger partial charge in [0.1, 0.15) is 12.6 Å². The largest absolute Gasteiger partial charge is 0.354 e. The average molecular weight is 591 g/mol. The molecule has 0 saturated heterocycles. The highest BCUT2D eigenvalue weighted by atomic mass is 35.5. The Morgan fingerprint density at radius 1 is 0.897 bits per heavy atom. The molecule has 0 radical (unpaired) electrons. The van der Waals surface area contributed by atoms with Crippen LogP contribution in [0.3, 0.4) is 0 Å². The Kier molecular flexibility index (Phi) is 11.2. The number of halogens is 2. The quantitative estimate of drug-likeness (QED) is 0.251. The fraction of sp³-hybridized carbons (Fsp3) is 0.310. The molecule has 0 spiro atoms. The second kappa shape index (κ2) is 14.4. The Labute approximate surface area is 240 Å².